The number of carboxylic acids is 1. The monoisotopic (exact) mass is 277 g/mol. The van der Waals surface area contributed by atoms with Crippen LogP contribution in [-0.4, -0.2) is 16.1 Å². The van der Waals surface area contributed by atoms with Crippen molar-refractivity contribution in [3.8, 4) is 0 Å². The Hall–Kier alpha value is -2.08. The summed E-state index contributed by atoms with van der Waals surface area (Å²) in [6, 6.07) is 4.65. The molecule has 0 spiro atoms. The molecule has 2 rings (SSSR count). The highest BCUT2D eigenvalue weighted by atomic mass is 32.1. The fourth-order valence-corrected chi connectivity index (χ4v) is 2.42. The number of rotatable bonds is 5. The van der Waals surface area contributed by atoms with Gasteiger partial charge in [0.25, 0.3) is 0 Å². The van der Waals surface area contributed by atoms with Gasteiger partial charge in [-0.05, 0) is 24.6 Å². The van der Waals surface area contributed by atoms with E-state index in [9.17, 15) is 4.79 Å². The minimum atomic E-state index is -0.981. The summed E-state index contributed by atoms with van der Waals surface area (Å²) >= 11 is 1.66. The van der Waals surface area contributed by atoms with Crippen LogP contribution in [0.2, 0.25) is 0 Å². The molecule has 1 aromatic carbocycles. The number of carboxylic acid groups (broad SMARTS) is 1. The van der Waals surface area contributed by atoms with Crippen LogP contribution in [0.3, 0.4) is 0 Å². The van der Waals surface area contributed by atoms with Crippen LogP contribution in [0.5, 0.6) is 0 Å². The first-order valence-electron chi connectivity index (χ1n) is 5.90. The van der Waals surface area contributed by atoms with Gasteiger partial charge in [0.1, 0.15) is 5.01 Å². The summed E-state index contributed by atoms with van der Waals surface area (Å²) in [5, 5.41) is 13.0. The molecule has 0 saturated heterocycles. The molecule has 100 valence electrons. The van der Waals surface area contributed by atoms with E-state index in [0.29, 0.717) is 12.2 Å². The van der Waals surface area contributed by atoms with Crippen LogP contribution < -0.4 is 11.1 Å². The summed E-state index contributed by atoms with van der Waals surface area (Å²) in [6.07, 6.45) is 2.85. The van der Waals surface area contributed by atoms with Crippen LogP contribution in [0, 0.1) is 0 Å². The van der Waals surface area contributed by atoms with Gasteiger partial charge in [0.05, 0.1) is 23.5 Å². The number of thiazole rings is 1. The fraction of sp³-hybridized carbons (Fsp3) is 0.231. The zero-order valence-electron chi connectivity index (χ0n) is 10.5. The van der Waals surface area contributed by atoms with Gasteiger partial charge >= 0.3 is 5.97 Å². The van der Waals surface area contributed by atoms with Crippen molar-refractivity contribution in [3.05, 3.63) is 39.8 Å². The second-order valence-electron chi connectivity index (χ2n) is 4.03. The highest BCUT2D eigenvalue weighted by Gasteiger charge is 2.07. The van der Waals surface area contributed by atoms with Crippen molar-refractivity contribution in [2.45, 2.75) is 19.9 Å². The van der Waals surface area contributed by atoms with Crippen LogP contribution >= 0.6 is 11.3 Å². The average molecular weight is 277 g/mol. The van der Waals surface area contributed by atoms with Gasteiger partial charge in [0.15, 0.2) is 0 Å². The van der Waals surface area contributed by atoms with Gasteiger partial charge in [-0.1, -0.05) is 6.92 Å². The number of aryl methyl sites for hydroxylation is 1. The summed E-state index contributed by atoms with van der Waals surface area (Å²) in [6.45, 7) is 2.68. The van der Waals surface area contributed by atoms with Gasteiger partial charge in [0.2, 0.25) is 0 Å². The number of nitrogens with one attached hydrogen (secondary N) is 1. The van der Waals surface area contributed by atoms with Crippen LogP contribution in [0.15, 0.2) is 24.4 Å². The lowest BCUT2D eigenvalue weighted by Gasteiger charge is -2.08. The van der Waals surface area contributed by atoms with E-state index < -0.39 is 5.97 Å². The molecular weight excluding hydrogens is 262 g/mol. The second-order valence-corrected chi connectivity index (χ2v) is 5.23. The number of nitrogen functional groups attached to an aromatic ring is 1. The molecule has 0 unspecified atom stereocenters. The molecule has 0 atom stereocenters. The molecule has 1 heterocycles. The van der Waals surface area contributed by atoms with Gasteiger partial charge in [0, 0.05) is 11.1 Å². The van der Waals surface area contributed by atoms with E-state index in [1.54, 1.807) is 17.4 Å². The lowest BCUT2D eigenvalue weighted by molar-refractivity contribution is 0.0697. The standard InChI is InChI=1S/C13H15N3O2S/c1-2-9-6-16-12(19-9)7-15-11-4-3-8(13(17)18)5-10(11)14/h3-6,15H,2,7,14H2,1H3,(H,17,18). The Bertz CT molecular complexity index is 595. The maximum atomic E-state index is 10.8. The summed E-state index contributed by atoms with van der Waals surface area (Å²) in [5.74, 6) is -0.981. The minimum absolute atomic E-state index is 0.186. The van der Waals surface area contributed by atoms with E-state index >= 15 is 0 Å². The molecule has 2 aromatic rings. The number of carbonyl (C=O) groups is 1. The van der Waals surface area contributed by atoms with Crippen molar-refractivity contribution in [1.82, 2.24) is 4.98 Å². The number of hydrogen-bond donors (Lipinski definition) is 3. The molecule has 0 bridgehead atoms. The first-order chi connectivity index (χ1) is 9.10. The van der Waals surface area contributed by atoms with E-state index in [-0.39, 0.29) is 5.56 Å². The molecule has 0 fully saturated rings. The minimum Gasteiger partial charge on any atom is -0.478 e. The quantitative estimate of drug-likeness (QED) is 0.731. The van der Waals surface area contributed by atoms with E-state index in [2.05, 4.69) is 17.2 Å². The predicted octanol–water partition coefficient (Wildman–Crippen LogP) is 2.60. The van der Waals surface area contributed by atoms with Crippen molar-refractivity contribution >= 4 is 28.7 Å². The zero-order valence-corrected chi connectivity index (χ0v) is 11.3. The number of anilines is 2. The van der Waals surface area contributed by atoms with Crippen LogP contribution in [0.1, 0.15) is 27.2 Å². The predicted molar refractivity (Wildman–Crippen MR) is 76.6 cm³/mol. The molecule has 6 heteroatoms. The Morgan fingerprint density at radius 2 is 2.32 bits per heavy atom. The summed E-state index contributed by atoms with van der Waals surface area (Å²) in [5.41, 5.74) is 7.14. The molecular formula is C13H15N3O2S. The largest absolute Gasteiger partial charge is 0.478 e. The van der Waals surface area contributed by atoms with Crippen molar-refractivity contribution in [3.63, 3.8) is 0 Å². The van der Waals surface area contributed by atoms with E-state index in [1.807, 2.05) is 6.20 Å². The second kappa shape index (κ2) is 5.71. The third-order valence-electron chi connectivity index (χ3n) is 2.68. The normalized spacial score (nSPS) is 10.4. The molecule has 0 aliphatic rings. The Morgan fingerprint density at radius 3 is 2.89 bits per heavy atom. The Labute approximate surface area is 115 Å². The van der Waals surface area contributed by atoms with Gasteiger partial charge in [-0.3, -0.25) is 0 Å². The SMILES string of the molecule is CCc1cnc(CNc2ccc(C(=O)O)cc2N)s1. The number of hydrogen-bond acceptors (Lipinski definition) is 5. The number of aromatic nitrogens is 1. The van der Waals surface area contributed by atoms with Gasteiger partial charge < -0.3 is 16.2 Å². The summed E-state index contributed by atoms with van der Waals surface area (Å²) in [7, 11) is 0. The lowest BCUT2D eigenvalue weighted by atomic mass is 10.2. The molecule has 0 saturated carbocycles. The molecule has 1 aromatic heterocycles. The Morgan fingerprint density at radius 1 is 1.53 bits per heavy atom. The molecule has 0 aliphatic heterocycles. The van der Waals surface area contributed by atoms with Crippen LogP contribution in [-0.2, 0) is 13.0 Å². The highest BCUT2D eigenvalue weighted by molar-refractivity contribution is 7.11. The molecule has 4 N–H and O–H groups in total. The molecule has 0 amide bonds. The van der Waals surface area contributed by atoms with Gasteiger partial charge in [-0.15, -0.1) is 11.3 Å². The van der Waals surface area contributed by atoms with Crippen molar-refractivity contribution in [1.29, 1.82) is 0 Å². The van der Waals surface area contributed by atoms with Crippen LogP contribution in [0.25, 0.3) is 0 Å². The van der Waals surface area contributed by atoms with E-state index in [1.165, 1.54) is 17.0 Å². The first kappa shape index (κ1) is 13.4. The number of nitrogens with zero attached hydrogens (tertiary/aromatic N) is 1. The Balaban J connectivity index is 2.05. The van der Waals surface area contributed by atoms with Crippen molar-refractivity contribution < 1.29 is 9.90 Å². The van der Waals surface area contributed by atoms with Crippen molar-refractivity contribution in [2.24, 2.45) is 0 Å². The summed E-state index contributed by atoms with van der Waals surface area (Å²) < 4.78 is 0. The molecule has 0 radical (unpaired) electrons. The maximum absolute atomic E-state index is 10.8. The van der Waals surface area contributed by atoms with E-state index in [0.717, 1.165) is 17.1 Å². The van der Waals surface area contributed by atoms with Crippen LogP contribution in [0.4, 0.5) is 11.4 Å². The zero-order chi connectivity index (χ0) is 13.8. The third-order valence-corrected chi connectivity index (χ3v) is 3.82. The van der Waals surface area contributed by atoms with Gasteiger partial charge in [-0.25, -0.2) is 9.78 Å². The first-order valence-corrected chi connectivity index (χ1v) is 6.72. The van der Waals surface area contributed by atoms with Gasteiger partial charge in [-0.2, -0.15) is 0 Å². The Kier molecular flexibility index (Phi) is 4.01. The molecule has 19 heavy (non-hydrogen) atoms. The topological polar surface area (TPSA) is 88.2 Å². The number of nitrogens with two attached hydrogens (primary N) is 1. The maximum Gasteiger partial charge on any atom is 0.335 e. The van der Waals surface area contributed by atoms with Crippen molar-refractivity contribution in [2.75, 3.05) is 11.1 Å². The lowest BCUT2D eigenvalue weighted by Crippen LogP contribution is -2.04. The van der Waals surface area contributed by atoms with E-state index in [4.69, 9.17) is 10.8 Å². The summed E-state index contributed by atoms with van der Waals surface area (Å²) in [4.78, 5) is 16.3. The average Bonchev–Trinajstić information content (AvgIpc) is 2.85. The third kappa shape index (κ3) is 3.23. The molecule has 0 aliphatic carbocycles. The fourth-order valence-electron chi connectivity index (χ4n) is 1.62. The smallest absolute Gasteiger partial charge is 0.335 e. The highest BCUT2D eigenvalue weighted by Crippen LogP contribution is 2.22. The molecule has 5 nitrogen and oxygen atoms in total. The number of benzene rings is 1. The number of aromatic carboxylic acids is 1.